The number of fused-ring (bicyclic) bond motifs is 1. The van der Waals surface area contributed by atoms with E-state index in [-0.39, 0.29) is 0 Å². The van der Waals surface area contributed by atoms with Crippen molar-refractivity contribution in [1.82, 2.24) is 9.97 Å². The van der Waals surface area contributed by atoms with Crippen molar-refractivity contribution < 1.29 is 14.3 Å². The Morgan fingerprint density at radius 1 is 1.12 bits per heavy atom. The van der Waals surface area contributed by atoms with Gasteiger partial charge in [-0.1, -0.05) is 18.2 Å². The van der Waals surface area contributed by atoms with Crippen LogP contribution in [-0.4, -0.2) is 28.5 Å². The highest BCUT2D eigenvalue weighted by Gasteiger charge is 2.28. The Kier molecular flexibility index (Phi) is 4.94. The predicted octanol–water partition coefficient (Wildman–Crippen LogP) is 5.75. The smallest absolute Gasteiger partial charge is 0.153 e. The fourth-order valence-corrected chi connectivity index (χ4v) is 4.63. The minimum atomic E-state index is -0.746. The first-order valence-electron chi connectivity index (χ1n) is 10.9. The number of para-hydroxylation sites is 1. The van der Waals surface area contributed by atoms with Crippen molar-refractivity contribution in [2.75, 3.05) is 6.61 Å². The molecule has 2 aromatic heterocycles. The van der Waals surface area contributed by atoms with Gasteiger partial charge < -0.3 is 14.3 Å². The summed E-state index contributed by atoms with van der Waals surface area (Å²) in [6.07, 6.45) is 2.83. The lowest BCUT2D eigenvalue weighted by molar-refractivity contribution is -0.128. The van der Waals surface area contributed by atoms with E-state index in [9.17, 15) is 4.79 Å². The van der Waals surface area contributed by atoms with E-state index < -0.39 is 11.7 Å². The number of aryl methyl sites for hydroxylation is 1. The number of rotatable bonds is 4. The van der Waals surface area contributed by atoms with E-state index in [2.05, 4.69) is 6.07 Å². The summed E-state index contributed by atoms with van der Waals surface area (Å²) in [6.45, 7) is 8.47. The quantitative estimate of drug-likeness (QED) is 0.389. The third-order valence-corrected chi connectivity index (χ3v) is 5.85. The highest BCUT2D eigenvalue weighted by atomic mass is 16.5. The average molecular weight is 427 g/mol. The second-order valence-corrected chi connectivity index (χ2v) is 9.19. The van der Waals surface area contributed by atoms with Crippen LogP contribution in [0, 0.1) is 6.92 Å². The van der Waals surface area contributed by atoms with Crippen molar-refractivity contribution in [3.63, 3.8) is 0 Å². The molecule has 2 aromatic carbocycles. The highest BCUT2D eigenvalue weighted by Crippen LogP contribution is 2.43. The van der Waals surface area contributed by atoms with Gasteiger partial charge in [0, 0.05) is 45.8 Å². The van der Waals surface area contributed by atoms with Crippen molar-refractivity contribution in [2.24, 2.45) is 0 Å². The molecule has 0 amide bonds. The minimum Gasteiger partial charge on any atom is -0.493 e. The number of aromatic nitrogens is 2. The Bertz CT molecular complexity index is 1340. The van der Waals surface area contributed by atoms with Crippen LogP contribution in [0.25, 0.3) is 32.9 Å². The molecular formula is C27H26N2O3. The molecule has 5 heteroatoms. The summed E-state index contributed by atoms with van der Waals surface area (Å²) in [5, 5.41) is 2.01. The van der Waals surface area contributed by atoms with Gasteiger partial charge in [0.2, 0.25) is 0 Å². The molecule has 162 valence electrons. The number of hydrogen-bond donors (Lipinski definition) is 0. The minimum absolute atomic E-state index is 0.493. The van der Waals surface area contributed by atoms with Crippen LogP contribution in [-0.2, 0) is 16.0 Å². The second-order valence-electron chi connectivity index (χ2n) is 9.19. The summed E-state index contributed by atoms with van der Waals surface area (Å²) in [5.41, 5.74) is 5.94. The summed E-state index contributed by atoms with van der Waals surface area (Å²) in [7, 11) is 0. The summed E-state index contributed by atoms with van der Waals surface area (Å²) in [6, 6.07) is 14.1. The van der Waals surface area contributed by atoms with E-state index in [4.69, 9.17) is 19.4 Å². The molecule has 0 fully saturated rings. The molecule has 1 unspecified atom stereocenters. The second kappa shape index (κ2) is 7.68. The van der Waals surface area contributed by atoms with Crippen molar-refractivity contribution >= 4 is 28.1 Å². The Hall–Kier alpha value is -3.31. The zero-order chi connectivity index (χ0) is 22.5. The van der Waals surface area contributed by atoms with Gasteiger partial charge in [-0.2, -0.15) is 0 Å². The summed E-state index contributed by atoms with van der Waals surface area (Å²) in [4.78, 5) is 21.9. The number of carbonyl (C=O) groups excluding carboxylic acids is 1. The van der Waals surface area contributed by atoms with Crippen molar-refractivity contribution in [3.05, 3.63) is 65.5 Å². The van der Waals surface area contributed by atoms with Crippen LogP contribution in [0.5, 0.6) is 5.75 Å². The predicted molar refractivity (Wildman–Crippen MR) is 126 cm³/mol. The van der Waals surface area contributed by atoms with Gasteiger partial charge in [-0.15, -0.1) is 0 Å². The van der Waals surface area contributed by atoms with Crippen LogP contribution in [0.4, 0.5) is 0 Å². The third-order valence-electron chi connectivity index (χ3n) is 5.85. The normalized spacial score (nSPS) is 14.4. The first kappa shape index (κ1) is 20.6. The Labute approximate surface area is 187 Å². The molecule has 0 radical (unpaired) electrons. The summed E-state index contributed by atoms with van der Waals surface area (Å²) >= 11 is 0. The SMILES string of the molecule is Cc1nc2ccccc2c(-c2ccc3c4c(ccnc24)CCO3)c1C(C=O)OC(C)(C)C. The molecule has 1 aliphatic rings. The number of hydrogen-bond acceptors (Lipinski definition) is 5. The van der Waals surface area contributed by atoms with Gasteiger partial charge in [0.1, 0.15) is 11.9 Å². The van der Waals surface area contributed by atoms with Crippen LogP contribution >= 0.6 is 0 Å². The molecule has 0 saturated heterocycles. The van der Waals surface area contributed by atoms with Gasteiger partial charge >= 0.3 is 0 Å². The van der Waals surface area contributed by atoms with Crippen LogP contribution in [0.15, 0.2) is 48.7 Å². The molecule has 0 N–H and O–H groups in total. The number of nitrogens with zero attached hydrogens (tertiary/aromatic N) is 2. The maximum Gasteiger partial charge on any atom is 0.153 e. The number of benzene rings is 2. The van der Waals surface area contributed by atoms with Crippen molar-refractivity contribution in [2.45, 2.75) is 45.8 Å². The number of carbonyl (C=O) groups is 1. The molecule has 5 nitrogen and oxygen atoms in total. The Morgan fingerprint density at radius 2 is 1.94 bits per heavy atom. The summed E-state index contributed by atoms with van der Waals surface area (Å²) < 4.78 is 12.1. The zero-order valence-electron chi connectivity index (χ0n) is 18.8. The largest absolute Gasteiger partial charge is 0.493 e. The molecule has 0 saturated carbocycles. The fourth-order valence-electron chi connectivity index (χ4n) is 4.63. The van der Waals surface area contributed by atoms with Crippen LogP contribution in [0.1, 0.15) is 43.7 Å². The van der Waals surface area contributed by atoms with E-state index in [1.165, 1.54) is 5.56 Å². The van der Waals surface area contributed by atoms with E-state index >= 15 is 0 Å². The molecule has 1 atom stereocenters. The maximum atomic E-state index is 12.3. The van der Waals surface area contributed by atoms with Crippen LogP contribution < -0.4 is 4.74 Å². The van der Waals surface area contributed by atoms with Crippen LogP contribution in [0.3, 0.4) is 0 Å². The Balaban J connectivity index is 1.89. The molecule has 0 aliphatic carbocycles. The van der Waals surface area contributed by atoms with Gasteiger partial charge in [-0.05, 0) is 57.5 Å². The molecule has 1 aliphatic heterocycles. The maximum absolute atomic E-state index is 12.3. The van der Waals surface area contributed by atoms with Crippen LogP contribution in [0.2, 0.25) is 0 Å². The van der Waals surface area contributed by atoms with Crippen molar-refractivity contribution in [1.29, 1.82) is 0 Å². The monoisotopic (exact) mass is 426 g/mol. The number of pyridine rings is 2. The van der Waals surface area contributed by atoms with E-state index in [0.29, 0.717) is 6.61 Å². The van der Waals surface area contributed by atoms with E-state index in [1.54, 1.807) is 0 Å². The lowest BCUT2D eigenvalue weighted by Crippen LogP contribution is -2.24. The molecule has 4 aromatic rings. The topological polar surface area (TPSA) is 61.3 Å². The van der Waals surface area contributed by atoms with Gasteiger partial charge in [0.05, 0.1) is 23.2 Å². The lowest BCUT2D eigenvalue weighted by atomic mass is 9.89. The van der Waals surface area contributed by atoms with Crippen molar-refractivity contribution in [3.8, 4) is 16.9 Å². The molecule has 5 rings (SSSR count). The first-order chi connectivity index (χ1) is 15.4. The fraction of sp³-hybridized carbons (Fsp3) is 0.296. The molecule has 0 spiro atoms. The Morgan fingerprint density at radius 3 is 2.72 bits per heavy atom. The standard InChI is InChI=1S/C27H26N2O3/c1-16-23(22(15-30)32-27(2,3)4)25(18-7-5-6-8-20(18)29-16)19-9-10-21-24-17(12-14-31-21)11-13-28-26(19)24/h5-11,13,15,22H,12,14H2,1-4H3. The zero-order valence-corrected chi connectivity index (χ0v) is 18.8. The molecular weight excluding hydrogens is 400 g/mol. The van der Waals surface area contributed by atoms with Gasteiger partial charge in [-0.25, -0.2) is 0 Å². The lowest BCUT2D eigenvalue weighted by Gasteiger charge is -2.28. The summed E-state index contributed by atoms with van der Waals surface area (Å²) in [5.74, 6) is 0.854. The first-order valence-corrected chi connectivity index (χ1v) is 10.9. The number of aldehydes is 1. The number of ether oxygens (including phenoxy) is 2. The van der Waals surface area contributed by atoms with Gasteiger partial charge in [-0.3, -0.25) is 9.97 Å². The third kappa shape index (κ3) is 3.43. The highest BCUT2D eigenvalue weighted by molar-refractivity contribution is 6.07. The van der Waals surface area contributed by atoms with Gasteiger partial charge in [0.15, 0.2) is 6.29 Å². The molecule has 0 bridgehead atoms. The average Bonchev–Trinajstić information content (AvgIpc) is 2.77. The molecule has 3 heterocycles. The molecule has 32 heavy (non-hydrogen) atoms. The van der Waals surface area contributed by atoms with E-state index in [0.717, 1.165) is 62.6 Å². The van der Waals surface area contributed by atoms with Gasteiger partial charge in [0.25, 0.3) is 0 Å². The van der Waals surface area contributed by atoms with E-state index in [1.807, 2.05) is 70.3 Å².